The normalized spacial score (nSPS) is 9.33. The van der Waals surface area contributed by atoms with Crippen molar-refractivity contribution in [3.63, 3.8) is 0 Å². The second kappa shape index (κ2) is 2.02. The molecule has 2 N–H and O–H groups in total. The van der Waals surface area contributed by atoms with E-state index in [1.165, 1.54) is 6.20 Å². The van der Waals surface area contributed by atoms with Crippen LogP contribution in [0.3, 0.4) is 0 Å². The summed E-state index contributed by atoms with van der Waals surface area (Å²) in [6.07, 6.45) is 1.20. The van der Waals surface area contributed by atoms with Gasteiger partial charge in [-0.15, -0.1) is 0 Å². The van der Waals surface area contributed by atoms with E-state index in [1.54, 1.807) is 0 Å². The van der Waals surface area contributed by atoms with E-state index >= 15 is 0 Å². The van der Waals surface area contributed by atoms with Gasteiger partial charge in [-0.3, -0.25) is 0 Å². The first-order chi connectivity index (χ1) is 4.22. The number of rotatable bonds is 1. The van der Waals surface area contributed by atoms with Crippen LogP contribution in [0.4, 0.5) is 0 Å². The van der Waals surface area contributed by atoms with Crippen molar-refractivity contribution in [2.75, 3.05) is 0 Å². The summed E-state index contributed by atoms with van der Waals surface area (Å²) in [5.41, 5.74) is -0.00926. The molecule has 0 unspecified atom stereocenters. The number of H-pyrrole nitrogens is 1. The van der Waals surface area contributed by atoms with Gasteiger partial charge < -0.3 is 9.63 Å². The molecular weight excluding hydrogens is 142 g/mol. The van der Waals surface area contributed by atoms with Crippen LogP contribution < -0.4 is 0 Å². The number of aromatic amines is 1. The van der Waals surface area contributed by atoms with E-state index in [0.717, 1.165) is 0 Å². The number of hydrogen-bond acceptors (Lipinski definition) is 3. The molecule has 0 fully saturated rings. The Morgan fingerprint density at radius 1 is 1.89 bits per heavy atom. The lowest BCUT2D eigenvalue weighted by molar-refractivity contribution is 0.0695. The molecule has 4 nitrogen and oxygen atoms in total. The number of hydrogen-bond donors (Lipinski definition) is 2. The summed E-state index contributed by atoms with van der Waals surface area (Å²) in [6, 6.07) is 0. The van der Waals surface area contributed by atoms with Crippen LogP contribution in [0.15, 0.2) is 10.7 Å². The van der Waals surface area contributed by atoms with E-state index in [4.69, 9.17) is 5.11 Å². The van der Waals surface area contributed by atoms with Crippen molar-refractivity contribution in [1.82, 2.24) is 5.16 Å². The summed E-state index contributed by atoms with van der Waals surface area (Å²) in [7, 11) is 0. The van der Waals surface area contributed by atoms with Crippen molar-refractivity contribution in [3.8, 4) is 0 Å². The number of nitrogens with one attached hydrogen (secondary N) is 1. The first-order valence-electron chi connectivity index (χ1n) is 2.12. The fourth-order valence-electron chi connectivity index (χ4n) is 0.405. The van der Waals surface area contributed by atoms with Gasteiger partial charge in [-0.2, -0.15) is 0 Å². The highest BCUT2D eigenvalue weighted by atomic mass is 32.1. The van der Waals surface area contributed by atoms with Crippen molar-refractivity contribution < 1.29 is 14.4 Å². The van der Waals surface area contributed by atoms with Crippen LogP contribution in [-0.4, -0.2) is 16.2 Å². The molecule has 0 amide bonds. The summed E-state index contributed by atoms with van der Waals surface area (Å²) in [6.45, 7) is 0. The summed E-state index contributed by atoms with van der Waals surface area (Å²) in [4.78, 5) is 10.1. The van der Waals surface area contributed by atoms with Gasteiger partial charge >= 0.3 is 5.97 Å². The van der Waals surface area contributed by atoms with Crippen LogP contribution in [0.1, 0.15) is 10.4 Å². The second-order valence-electron chi connectivity index (χ2n) is 1.37. The Kier molecular flexibility index (Phi) is 1.35. The number of aromatic carboxylic acids is 1. The van der Waals surface area contributed by atoms with E-state index in [1.807, 2.05) is 0 Å². The lowest BCUT2D eigenvalue weighted by Gasteiger charge is -1.77. The predicted octanol–water partition coefficient (Wildman–Crippen LogP) is 1.04. The van der Waals surface area contributed by atoms with Gasteiger partial charge in [0.1, 0.15) is 5.56 Å². The minimum absolute atomic E-state index is 0.00926. The number of carboxylic acids is 1. The van der Waals surface area contributed by atoms with Gasteiger partial charge in [0.2, 0.25) is 4.71 Å². The Morgan fingerprint density at radius 3 is 2.78 bits per heavy atom. The molecule has 0 saturated heterocycles. The van der Waals surface area contributed by atoms with Gasteiger partial charge in [0.15, 0.2) is 0 Å². The van der Waals surface area contributed by atoms with Crippen LogP contribution in [0.2, 0.25) is 0 Å². The van der Waals surface area contributed by atoms with E-state index < -0.39 is 5.97 Å². The molecule has 0 radical (unpaired) electrons. The molecule has 0 bridgehead atoms. The molecule has 0 atom stereocenters. The molecule has 0 aliphatic heterocycles. The third-order valence-corrected chi connectivity index (χ3v) is 1.11. The SMILES string of the molecule is O=C(O)c1c[nH]oc1=S. The molecule has 0 aliphatic rings. The molecule has 1 heterocycles. The quantitative estimate of drug-likeness (QED) is 0.579. The topological polar surface area (TPSA) is 66.2 Å². The minimum Gasteiger partial charge on any atom is -0.477 e. The molecule has 0 aromatic carbocycles. The Morgan fingerprint density at radius 2 is 2.56 bits per heavy atom. The van der Waals surface area contributed by atoms with Crippen molar-refractivity contribution in [2.24, 2.45) is 0 Å². The van der Waals surface area contributed by atoms with Crippen LogP contribution in [0, 0.1) is 4.71 Å². The Bertz CT molecular complexity index is 273. The second-order valence-corrected chi connectivity index (χ2v) is 1.74. The lowest BCUT2D eigenvalue weighted by Crippen LogP contribution is -1.92. The van der Waals surface area contributed by atoms with E-state index in [9.17, 15) is 4.79 Å². The average Bonchev–Trinajstić information content (AvgIpc) is 2.13. The molecule has 48 valence electrons. The lowest BCUT2D eigenvalue weighted by atomic mass is 10.4. The molecule has 0 saturated carbocycles. The van der Waals surface area contributed by atoms with Gasteiger partial charge in [-0.25, -0.2) is 9.95 Å². The van der Waals surface area contributed by atoms with Gasteiger partial charge in [0.05, 0.1) is 6.20 Å². The van der Waals surface area contributed by atoms with Gasteiger partial charge in [0, 0.05) is 0 Å². The molecule has 1 aromatic heterocycles. The third-order valence-electron chi connectivity index (χ3n) is 0.805. The maximum absolute atomic E-state index is 10.1. The van der Waals surface area contributed by atoms with E-state index in [2.05, 4.69) is 21.9 Å². The smallest absolute Gasteiger partial charge is 0.342 e. The summed E-state index contributed by atoms with van der Waals surface area (Å²) < 4.78 is 4.41. The van der Waals surface area contributed by atoms with E-state index in [-0.39, 0.29) is 10.3 Å². The zero-order valence-electron chi connectivity index (χ0n) is 4.25. The molecule has 0 aliphatic carbocycles. The van der Waals surface area contributed by atoms with Crippen LogP contribution in [-0.2, 0) is 0 Å². The molecular formula is C4H3NO3S. The highest BCUT2D eigenvalue weighted by Crippen LogP contribution is 1.99. The highest BCUT2D eigenvalue weighted by Gasteiger charge is 2.06. The van der Waals surface area contributed by atoms with Crippen molar-refractivity contribution in [1.29, 1.82) is 0 Å². The number of aromatic nitrogens is 1. The van der Waals surface area contributed by atoms with Gasteiger partial charge in [0.25, 0.3) is 0 Å². The average molecular weight is 145 g/mol. The van der Waals surface area contributed by atoms with Crippen LogP contribution >= 0.6 is 12.2 Å². The van der Waals surface area contributed by atoms with Crippen molar-refractivity contribution in [3.05, 3.63) is 16.5 Å². The molecule has 0 spiro atoms. The summed E-state index contributed by atoms with van der Waals surface area (Å²) in [5.74, 6) is -1.08. The van der Waals surface area contributed by atoms with Gasteiger partial charge in [-0.1, -0.05) is 0 Å². The van der Waals surface area contributed by atoms with Crippen LogP contribution in [0.25, 0.3) is 0 Å². The predicted molar refractivity (Wildman–Crippen MR) is 30.9 cm³/mol. The maximum atomic E-state index is 10.1. The minimum atomic E-state index is -1.08. The third kappa shape index (κ3) is 0.996. The Balaban J connectivity index is 3.24. The fourth-order valence-corrected chi connectivity index (χ4v) is 0.599. The largest absolute Gasteiger partial charge is 0.477 e. The zero-order valence-corrected chi connectivity index (χ0v) is 5.07. The molecule has 9 heavy (non-hydrogen) atoms. The first-order valence-corrected chi connectivity index (χ1v) is 2.53. The van der Waals surface area contributed by atoms with Gasteiger partial charge in [-0.05, 0) is 12.2 Å². The van der Waals surface area contributed by atoms with Crippen molar-refractivity contribution >= 4 is 18.2 Å². The Labute approximate surface area is 55.1 Å². The van der Waals surface area contributed by atoms with E-state index in [0.29, 0.717) is 0 Å². The molecule has 1 rings (SSSR count). The highest BCUT2D eigenvalue weighted by molar-refractivity contribution is 7.71. The maximum Gasteiger partial charge on any atom is 0.342 e. The first kappa shape index (κ1) is 6.03. The summed E-state index contributed by atoms with van der Waals surface area (Å²) in [5, 5.41) is 10.5. The van der Waals surface area contributed by atoms with Crippen LogP contribution in [0.5, 0.6) is 0 Å². The Hall–Kier alpha value is -1.10. The monoisotopic (exact) mass is 145 g/mol. The van der Waals surface area contributed by atoms with Crippen molar-refractivity contribution in [2.45, 2.75) is 0 Å². The zero-order chi connectivity index (χ0) is 6.85. The number of carboxylic acid groups (broad SMARTS) is 1. The molecule has 1 aromatic rings. The fraction of sp³-hybridized carbons (Fsp3) is 0. The molecule has 5 heteroatoms. The standard InChI is InChI=1S/C4H3NO3S/c6-3(7)2-1-5-8-4(2)9/h1,5H,(H,6,7). The number of carbonyl (C=O) groups is 1. The summed E-state index contributed by atoms with van der Waals surface area (Å²) >= 11 is 4.48.